The van der Waals surface area contributed by atoms with Crippen LogP contribution in [0.3, 0.4) is 0 Å². The number of piperazine rings is 1. The summed E-state index contributed by atoms with van der Waals surface area (Å²) in [5.41, 5.74) is 2.69. The molecule has 0 unspecified atom stereocenters. The van der Waals surface area contributed by atoms with E-state index in [-0.39, 0.29) is 0 Å². The van der Waals surface area contributed by atoms with E-state index in [4.69, 9.17) is 0 Å². The molecule has 1 atom stereocenters. The van der Waals surface area contributed by atoms with Crippen molar-refractivity contribution >= 4 is 10.9 Å². The Morgan fingerprint density at radius 2 is 2.10 bits per heavy atom. The third-order valence-corrected chi connectivity index (χ3v) is 4.22. The molecule has 1 saturated heterocycles. The molecule has 0 amide bonds. The van der Waals surface area contributed by atoms with Crippen LogP contribution in [0.4, 0.5) is 0 Å². The summed E-state index contributed by atoms with van der Waals surface area (Å²) in [5.74, 6) is 0. The summed E-state index contributed by atoms with van der Waals surface area (Å²) in [6.45, 7) is 8.32. The SMILES string of the molecule is C=CCC[C@H](c1cccc2[nH]ccc12)N1CCNCC1. The summed E-state index contributed by atoms with van der Waals surface area (Å²) in [6.07, 6.45) is 6.28. The standard InChI is InChI=1S/C17H23N3/c1-2-3-7-17(20-12-10-18-11-13-20)15-5-4-6-16-14(15)8-9-19-16/h2,4-6,8-9,17-19H,1,3,7,10-13H2/t17-/m1/s1. The molecule has 0 radical (unpaired) electrons. The maximum Gasteiger partial charge on any atom is 0.0457 e. The molecule has 0 bridgehead atoms. The summed E-state index contributed by atoms with van der Waals surface area (Å²) in [5, 5.41) is 4.80. The Bertz CT molecular complexity index is 566. The average molecular weight is 269 g/mol. The van der Waals surface area contributed by atoms with Gasteiger partial charge in [0, 0.05) is 49.3 Å². The lowest BCUT2D eigenvalue weighted by atomic mass is 9.96. The van der Waals surface area contributed by atoms with Gasteiger partial charge in [0.05, 0.1) is 0 Å². The highest BCUT2D eigenvalue weighted by molar-refractivity contribution is 5.83. The smallest absolute Gasteiger partial charge is 0.0457 e. The average Bonchev–Trinajstić information content (AvgIpc) is 2.98. The van der Waals surface area contributed by atoms with Crippen LogP contribution in [0.15, 0.2) is 43.1 Å². The maximum atomic E-state index is 3.89. The Balaban J connectivity index is 1.94. The predicted octanol–water partition coefficient (Wildman–Crippen LogP) is 3.08. The molecule has 3 nitrogen and oxygen atoms in total. The molecule has 2 heterocycles. The van der Waals surface area contributed by atoms with Crippen molar-refractivity contribution in [2.75, 3.05) is 26.2 Å². The molecule has 0 saturated carbocycles. The van der Waals surface area contributed by atoms with Crippen molar-refractivity contribution < 1.29 is 0 Å². The Morgan fingerprint density at radius 3 is 2.90 bits per heavy atom. The van der Waals surface area contributed by atoms with Crippen molar-refractivity contribution in [1.29, 1.82) is 0 Å². The van der Waals surface area contributed by atoms with Gasteiger partial charge in [-0.05, 0) is 30.5 Å². The lowest BCUT2D eigenvalue weighted by Crippen LogP contribution is -2.45. The molecule has 0 spiro atoms. The first-order valence-electron chi connectivity index (χ1n) is 7.52. The summed E-state index contributed by atoms with van der Waals surface area (Å²) in [4.78, 5) is 5.94. The first-order chi connectivity index (χ1) is 9.90. The molecule has 1 aromatic carbocycles. The second kappa shape index (κ2) is 6.25. The molecule has 2 N–H and O–H groups in total. The second-order valence-corrected chi connectivity index (χ2v) is 5.45. The zero-order valence-corrected chi connectivity index (χ0v) is 11.9. The number of allylic oxidation sites excluding steroid dienone is 1. The third kappa shape index (κ3) is 2.65. The van der Waals surface area contributed by atoms with Crippen molar-refractivity contribution in [3.63, 3.8) is 0 Å². The summed E-state index contributed by atoms with van der Waals surface area (Å²) in [6, 6.07) is 9.30. The maximum absolute atomic E-state index is 3.89. The number of benzene rings is 1. The molecule has 0 aliphatic carbocycles. The van der Waals surface area contributed by atoms with Crippen LogP contribution in [0.2, 0.25) is 0 Å². The lowest BCUT2D eigenvalue weighted by molar-refractivity contribution is 0.167. The van der Waals surface area contributed by atoms with Crippen molar-refractivity contribution in [3.05, 3.63) is 48.7 Å². The first kappa shape index (κ1) is 13.4. The number of hydrogen-bond acceptors (Lipinski definition) is 2. The van der Waals surface area contributed by atoms with E-state index >= 15 is 0 Å². The number of hydrogen-bond donors (Lipinski definition) is 2. The summed E-state index contributed by atoms with van der Waals surface area (Å²) < 4.78 is 0. The number of nitrogens with zero attached hydrogens (tertiary/aromatic N) is 1. The van der Waals surface area contributed by atoms with E-state index in [9.17, 15) is 0 Å². The normalized spacial score (nSPS) is 18.2. The second-order valence-electron chi connectivity index (χ2n) is 5.45. The fourth-order valence-electron chi connectivity index (χ4n) is 3.20. The molecule has 1 fully saturated rings. The molecule has 1 aliphatic heterocycles. The highest BCUT2D eigenvalue weighted by Crippen LogP contribution is 2.31. The minimum Gasteiger partial charge on any atom is -0.361 e. The van der Waals surface area contributed by atoms with Gasteiger partial charge in [-0.2, -0.15) is 0 Å². The van der Waals surface area contributed by atoms with Crippen LogP contribution < -0.4 is 5.32 Å². The van der Waals surface area contributed by atoms with Gasteiger partial charge < -0.3 is 10.3 Å². The minimum atomic E-state index is 0.495. The van der Waals surface area contributed by atoms with E-state index in [1.165, 1.54) is 16.5 Å². The van der Waals surface area contributed by atoms with Crippen LogP contribution >= 0.6 is 0 Å². The number of aromatic nitrogens is 1. The minimum absolute atomic E-state index is 0.495. The van der Waals surface area contributed by atoms with Crippen molar-refractivity contribution in [3.8, 4) is 0 Å². The number of H-pyrrole nitrogens is 1. The number of aromatic amines is 1. The number of fused-ring (bicyclic) bond motifs is 1. The molecule has 3 heteroatoms. The van der Waals surface area contributed by atoms with Gasteiger partial charge >= 0.3 is 0 Å². The molecule has 20 heavy (non-hydrogen) atoms. The summed E-state index contributed by atoms with van der Waals surface area (Å²) in [7, 11) is 0. The van der Waals surface area contributed by atoms with Gasteiger partial charge in [-0.15, -0.1) is 6.58 Å². The van der Waals surface area contributed by atoms with Crippen LogP contribution in [0.1, 0.15) is 24.4 Å². The molecule has 2 aromatic rings. The monoisotopic (exact) mass is 269 g/mol. The Kier molecular flexibility index (Phi) is 4.19. The quantitative estimate of drug-likeness (QED) is 0.817. The third-order valence-electron chi connectivity index (χ3n) is 4.22. The van der Waals surface area contributed by atoms with Gasteiger partial charge in [-0.3, -0.25) is 4.90 Å². The molecular weight excluding hydrogens is 246 g/mol. The highest BCUT2D eigenvalue weighted by Gasteiger charge is 2.23. The van der Waals surface area contributed by atoms with Crippen molar-refractivity contribution in [1.82, 2.24) is 15.2 Å². The van der Waals surface area contributed by atoms with Crippen LogP contribution in [-0.2, 0) is 0 Å². The van der Waals surface area contributed by atoms with Crippen molar-refractivity contribution in [2.45, 2.75) is 18.9 Å². The first-order valence-corrected chi connectivity index (χ1v) is 7.52. The Hall–Kier alpha value is -1.58. The van der Waals surface area contributed by atoms with E-state index in [1.54, 1.807) is 0 Å². The van der Waals surface area contributed by atoms with Crippen LogP contribution in [0.5, 0.6) is 0 Å². The van der Waals surface area contributed by atoms with Crippen LogP contribution in [0.25, 0.3) is 10.9 Å². The Morgan fingerprint density at radius 1 is 1.25 bits per heavy atom. The van der Waals surface area contributed by atoms with E-state index in [0.29, 0.717) is 6.04 Å². The van der Waals surface area contributed by atoms with E-state index in [1.807, 2.05) is 12.3 Å². The topological polar surface area (TPSA) is 31.1 Å². The molecule has 106 valence electrons. The predicted molar refractivity (Wildman–Crippen MR) is 84.9 cm³/mol. The highest BCUT2D eigenvalue weighted by atomic mass is 15.2. The van der Waals surface area contributed by atoms with Gasteiger partial charge in [0.25, 0.3) is 0 Å². The molecule has 1 aromatic heterocycles. The zero-order chi connectivity index (χ0) is 13.8. The summed E-state index contributed by atoms with van der Waals surface area (Å²) >= 11 is 0. The fourth-order valence-corrected chi connectivity index (χ4v) is 3.20. The van der Waals surface area contributed by atoms with E-state index < -0.39 is 0 Å². The molecule has 1 aliphatic rings. The van der Waals surface area contributed by atoms with Gasteiger partial charge in [0.2, 0.25) is 0 Å². The zero-order valence-electron chi connectivity index (χ0n) is 11.9. The molecule has 3 rings (SSSR count). The number of nitrogens with one attached hydrogen (secondary N) is 2. The van der Waals surface area contributed by atoms with E-state index in [2.05, 4.69) is 46.0 Å². The fraction of sp³-hybridized carbons (Fsp3) is 0.412. The molecular formula is C17H23N3. The van der Waals surface area contributed by atoms with Gasteiger partial charge in [-0.25, -0.2) is 0 Å². The van der Waals surface area contributed by atoms with Gasteiger partial charge in [0.1, 0.15) is 0 Å². The van der Waals surface area contributed by atoms with Gasteiger partial charge in [0.15, 0.2) is 0 Å². The van der Waals surface area contributed by atoms with Crippen LogP contribution in [0, 0.1) is 0 Å². The Labute approximate surface area is 120 Å². The lowest BCUT2D eigenvalue weighted by Gasteiger charge is -2.35. The number of rotatable bonds is 5. The van der Waals surface area contributed by atoms with E-state index in [0.717, 1.165) is 39.0 Å². The largest absolute Gasteiger partial charge is 0.361 e. The van der Waals surface area contributed by atoms with Gasteiger partial charge in [-0.1, -0.05) is 18.2 Å². The van der Waals surface area contributed by atoms with Crippen LogP contribution in [-0.4, -0.2) is 36.1 Å². The van der Waals surface area contributed by atoms with Crippen molar-refractivity contribution in [2.24, 2.45) is 0 Å².